The van der Waals surface area contributed by atoms with Crippen LogP contribution < -0.4 is 15.4 Å². The first-order valence-corrected chi connectivity index (χ1v) is 6.83. The molecule has 0 spiro atoms. The molecule has 0 radical (unpaired) electrons. The molecular weight excluding hydrogens is 264 g/mol. The van der Waals surface area contributed by atoms with Crippen LogP contribution in [0.2, 0.25) is 0 Å². The van der Waals surface area contributed by atoms with Crippen molar-refractivity contribution in [1.29, 1.82) is 0 Å². The average molecular weight is 284 g/mol. The maximum absolute atomic E-state index is 12.0. The fourth-order valence-corrected chi connectivity index (χ4v) is 2.09. The highest BCUT2D eigenvalue weighted by atomic mass is 16.5. The molecule has 2 aromatic carbocycles. The number of hydrogen-bond acceptors (Lipinski definition) is 2. The molecule has 2 N–H and O–H groups in total. The van der Waals surface area contributed by atoms with E-state index in [0.29, 0.717) is 18.0 Å². The fraction of sp³-hybridized carbons (Fsp3) is 0.235. The Morgan fingerprint density at radius 2 is 1.86 bits per heavy atom. The van der Waals surface area contributed by atoms with Gasteiger partial charge in [0, 0.05) is 6.54 Å². The Morgan fingerprint density at radius 1 is 1.10 bits per heavy atom. The average Bonchev–Trinajstić information content (AvgIpc) is 2.45. The zero-order valence-corrected chi connectivity index (χ0v) is 12.6. The lowest BCUT2D eigenvalue weighted by Crippen LogP contribution is -2.28. The smallest absolute Gasteiger partial charge is 0.319 e. The molecule has 0 aliphatic heterocycles. The van der Waals surface area contributed by atoms with Crippen molar-refractivity contribution >= 4 is 11.7 Å². The number of aryl methyl sites for hydroxylation is 2. The van der Waals surface area contributed by atoms with Crippen molar-refractivity contribution in [3.63, 3.8) is 0 Å². The molecule has 2 rings (SSSR count). The van der Waals surface area contributed by atoms with E-state index < -0.39 is 0 Å². The lowest BCUT2D eigenvalue weighted by atomic mass is 10.1. The van der Waals surface area contributed by atoms with Crippen LogP contribution in [0.25, 0.3) is 0 Å². The summed E-state index contributed by atoms with van der Waals surface area (Å²) in [5.74, 6) is 0.645. The van der Waals surface area contributed by atoms with Gasteiger partial charge in [0.2, 0.25) is 0 Å². The summed E-state index contributed by atoms with van der Waals surface area (Å²) in [5.41, 5.74) is 3.97. The Kier molecular flexibility index (Phi) is 4.82. The normalized spacial score (nSPS) is 10.0. The van der Waals surface area contributed by atoms with Crippen molar-refractivity contribution in [3.8, 4) is 5.75 Å². The largest absolute Gasteiger partial charge is 0.495 e. The van der Waals surface area contributed by atoms with Gasteiger partial charge in [-0.2, -0.15) is 0 Å². The van der Waals surface area contributed by atoms with Gasteiger partial charge in [0.15, 0.2) is 0 Å². The number of benzene rings is 2. The van der Waals surface area contributed by atoms with Crippen molar-refractivity contribution in [1.82, 2.24) is 5.32 Å². The number of hydrogen-bond donors (Lipinski definition) is 2. The molecule has 0 saturated heterocycles. The highest BCUT2D eigenvalue weighted by Gasteiger charge is 2.07. The molecule has 0 heterocycles. The van der Waals surface area contributed by atoms with Crippen molar-refractivity contribution in [2.24, 2.45) is 0 Å². The number of urea groups is 1. The Balaban J connectivity index is 1.97. The van der Waals surface area contributed by atoms with E-state index in [4.69, 9.17) is 4.74 Å². The second-order valence-corrected chi connectivity index (χ2v) is 5.00. The minimum Gasteiger partial charge on any atom is -0.495 e. The number of amides is 2. The van der Waals surface area contributed by atoms with Crippen LogP contribution in [0.1, 0.15) is 16.7 Å². The summed E-state index contributed by atoms with van der Waals surface area (Å²) in [6, 6.07) is 13.5. The topological polar surface area (TPSA) is 50.4 Å². The van der Waals surface area contributed by atoms with E-state index in [-0.39, 0.29) is 6.03 Å². The quantitative estimate of drug-likeness (QED) is 0.900. The molecular formula is C17H20N2O2. The van der Waals surface area contributed by atoms with Crippen LogP contribution in [0.5, 0.6) is 5.75 Å². The molecule has 2 aromatic rings. The van der Waals surface area contributed by atoms with Gasteiger partial charge in [0.25, 0.3) is 0 Å². The summed E-state index contributed by atoms with van der Waals surface area (Å²) in [6.45, 7) is 4.48. The van der Waals surface area contributed by atoms with E-state index in [1.54, 1.807) is 7.11 Å². The molecule has 0 saturated carbocycles. The molecule has 0 aliphatic carbocycles. The second-order valence-electron chi connectivity index (χ2n) is 5.00. The van der Waals surface area contributed by atoms with Crippen LogP contribution in [0.4, 0.5) is 10.5 Å². The number of anilines is 1. The maximum Gasteiger partial charge on any atom is 0.319 e. The van der Waals surface area contributed by atoms with Crippen LogP contribution in [0.15, 0.2) is 42.5 Å². The summed E-state index contributed by atoms with van der Waals surface area (Å²) in [5, 5.41) is 5.65. The van der Waals surface area contributed by atoms with Gasteiger partial charge < -0.3 is 15.4 Å². The van der Waals surface area contributed by atoms with Crippen LogP contribution in [0.3, 0.4) is 0 Å². The van der Waals surface area contributed by atoms with Gasteiger partial charge >= 0.3 is 6.03 Å². The van der Waals surface area contributed by atoms with E-state index >= 15 is 0 Å². The van der Waals surface area contributed by atoms with Gasteiger partial charge in [-0.25, -0.2) is 4.79 Å². The van der Waals surface area contributed by atoms with Gasteiger partial charge in [-0.05, 0) is 37.1 Å². The van der Waals surface area contributed by atoms with Gasteiger partial charge in [0.1, 0.15) is 5.75 Å². The molecule has 2 amide bonds. The molecule has 0 unspecified atom stereocenters. The summed E-state index contributed by atoms with van der Waals surface area (Å²) in [4.78, 5) is 12.0. The van der Waals surface area contributed by atoms with Crippen molar-refractivity contribution in [3.05, 3.63) is 59.2 Å². The first kappa shape index (κ1) is 14.9. The van der Waals surface area contributed by atoms with E-state index in [1.165, 1.54) is 5.56 Å². The number of rotatable bonds is 4. The molecule has 110 valence electrons. The van der Waals surface area contributed by atoms with Gasteiger partial charge in [-0.15, -0.1) is 0 Å². The zero-order chi connectivity index (χ0) is 15.2. The SMILES string of the molecule is COc1ccc(C)cc1NC(=O)NCc1cccc(C)c1. The van der Waals surface area contributed by atoms with Crippen molar-refractivity contribution in [2.45, 2.75) is 20.4 Å². The standard InChI is InChI=1S/C17H20N2O2/c1-12-5-4-6-14(9-12)11-18-17(20)19-15-10-13(2)7-8-16(15)21-3/h4-10H,11H2,1-3H3,(H2,18,19,20). The molecule has 4 heteroatoms. The van der Waals surface area contributed by atoms with Crippen LogP contribution in [0, 0.1) is 13.8 Å². The lowest BCUT2D eigenvalue weighted by Gasteiger charge is -2.12. The van der Waals surface area contributed by atoms with Crippen molar-refractivity contribution < 1.29 is 9.53 Å². The summed E-state index contributed by atoms with van der Waals surface area (Å²) in [7, 11) is 1.58. The molecule has 0 aliphatic rings. The summed E-state index contributed by atoms with van der Waals surface area (Å²) >= 11 is 0. The van der Waals surface area contributed by atoms with Crippen molar-refractivity contribution in [2.75, 3.05) is 12.4 Å². The highest BCUT2D eigenvalue weighted by Crippen LogP contribution is 2.24. The monoisotopic (exact) mass is 284 g/mol. The highest BCUT2D eigenvalue weighted by molar-refractivity contribution is 5.91. The second kappa shape index (κ2) is 6.79. The van der Waals surface area contributed by atoms with Gasteiger partial charge in [0.05, 0.1) is 12.8 Å². The minimum absolute atomic E-state index is 0.250. The Bertz CT molecular complexity index is 638. The van der Waals surface area contributed by atoms with E-state index in [0.717, 1.165) is 11.1 Å². The molecule has 0 atom stereocenters. The van der Waals surface area contributed by atoms with Crippen LogP contribution >= 0.6 is 0 Å². The molecule has 21 heavy (non-hydrogen) atoms. The maximum atomic E-state index is 12.0. The fourth-order valence-electron chi connectivity index (χ4n) is 2.09. The minimum atomic E-state index is -0.250. The summed E-state index contributed by atoms with van der Waals surface area (Å²) < 4.78 is 5.24. The van der Waals surface area contributed by atoms with E-state index in [2.05, 4.69) is 10.6 Å². The zero-order valence-electron chi connectivity index (χ0n) is 12.6. The number of carbonyl (C=O) groups is 1. The van der Waals surface area contributed by atoms with Crippen LogP contribution in [-0.2, 0) is 6.54 Å². The number of nitrogens with one attached hydrogen (secondary N) is 2. The first-order chi connectivity index (χ1) is 10.1. The van der Waals surface area contributed by atoms with Crippen LogP contribution in [-0.4, -0.2) is 13.1 Å². The van der Waals surface area contributed by atoms with E-state index in [1.807, 2.05) is 56.3 Å². The lowest BCUT2D eigenvalue weighted by molar-refractivity contribution is 0.251. The first-order valence-electron chi connectivity index (χ1n) is 6.83. The number of carbonyl (C=O) groups excluding carboxylic acids is 1. The molecule has 0 aromatic heterocycles. The summed E-state index contributed by atoms with van der Waals surface area (Å²) in [6.07, 6.45) is 0. The molecule has 4 nitrogen and oxygen atoms in total. The third kappa shape index (κ3) is 4.24. The Labute approximate surface area is 125 Å². The number of ether oxygens (including phenoxy) is 1. The number of methoxy groups -OCH3 is 1. The third-order valence-corrected chi connectivity index (χ3v) is 3.14. The van der Waals surface area contributed by atoms with E-state index in [9.17, 15) is 4.79 Å². The van der Waals surface area contributed by atoms with Gasteiger partial charge in [-0.1, -0.05) is 35.9 Å². The predicted molar refractivity (Wildman–Crippen MR) is 84.8 cm³/mol. The Hall–Kier alpha value is -2.49. The third-order valence-electron chi connectivity index (χ3n) is 3.14. The molecule has 0 fully saturated rings. The predicted octanol–water partition coefficient (Wildman–Crippen LogP) is 3.63. The van der Waals surface area contributed by atoms with Gasteiger partial charge in [-0.3, -0.25) is 0 Å². The molecule has 0 bridgehead atoms. The Morgan fingerprint density at radius 3 is 2.57 bits per heavy atom.